The number of aliphatic imine (C=N–C) groups is 1. The first-order valence-electron chi connectivity index (χ1n) is 15.8. The lowest BCUT2D eigenvalue weighted by atomic mass is 9.68. The van der Waals surface area contributed by atoms with Gasteiger partial charge in [-0.05, 0) is 75.9 Å². The molecule has 2 atom stereocenters. The Kier molecular flexibility index (Phi) is 10.3. The topological polar surface area (TPSA) is 92.0 Å². The zero-order valence-corrected chi connectivity index (χ0v) is 26.4. The third-order valence-electron chi connectivity index (χ3n) is 9.22. The predicted molar refractivity (Wildman–Crippen MR) is 175 cm³/mol. The van der Waals surface area contributed by atoms with E-state index >= 15 is 0 Å². The van der Waals surface area contributed by atoms with E-state index in [9.17, 15) is 14.9 Å². The molecule has 0 saturated carbocycles. The summed E-state index contributed by atoms with van der Waals surface area (Å²) in [5.74, 6) is -2.53. The van der Waals surface area contributed by atoms with Crippen LogP contribution in [0.25, 0.3) is 0 Å². The van der Waals surface area contributed by atoms with E-state index in [2.05, 4.69) is 76.6 Å². The molecule has 0 N–H and O–H groups in total. The van der Waals surface area contributed by atoms with Crippen LogP contribution in [0.4, 0.5) is 0 Å². The van der Waals surface area contributed by atoms with Crippen LogP contribution < -0.4 is 0 Å². The molecule has 0 bridgehead atoms. The molecular formula is C38H41N3O4. The van der Waals surface area contributed by atoms with E-state index in [0.29, 0.717) is 34.5 Å². The minimum Gasteiger partial charge on any atom is -0.465 e. The van der Waals surface area contributed by atoms with Gasteiger partial charge in [0, 0.05) is 29.3 Å². The number of allylic oxidation sites excluding steroid dienone is 1. The minimum absolute atomic E-state index is 0.0146. The van der Waals surface area contributed by atoms with Crippen LogP contribution >= 0.6 is 0 Å². The van der Waals surface area contributed by atoms with Crippen molar-refractivity contribution in [3.8, 4) is 6.07 Å². The van der Waals surface area contributed by atoms with Crippen molar-refractivity contribution in [1.82, 2.24) is 4.90 Å². The molecule has 3 aromatic carbocycles. The average Bonchev–Trinajstić information content (AvgIpc) is 3.07. The lowest BCUT2D eigenvalue weighted by Crippen LogP contribution is -2.43. The van der Waals surface area contributed by atoms with Gasteiger partial charge in [0.2, 0.25) is 0 Å². The number of carbonyl (C=O) groups is 2. The summed E-state index contributed by atoms with van der Waals surface area (Å²) in [7, 11) is 0. The number of esters is 2. The molecule has 232 valence electrons. The van der Waals surface area contributed by atoms with Gasteiger partial charge in [-0.15, -0.1) is 0 Å². The molecule has 2 aliphatic rings. The van der Waals surface area contributed by atoms with Crippen molar-refractivity contribution in [1.29, 1.82) is 5.26 Å². The second-order valence-electron chi connectivity index (χ2n) is 11.8. The van der Waals surface area contributed by atoms with Crippen LogP contribution in [-0.4, -0.2) is 55.4 Å². The number of carbonyl (C=O) groups excluding carboxylic acids is 2. The van der Waals surface area contributed by atoms with Gasteiger partial charge >= 0.3 is 11.9 Å². The first kappa shape index (κ1) is 31.9. The van der Waals surface area contributed by atoms with Crippen molar-refractivity contribution in [2.24, 2.45) is 10.9 Å². The van der Waals surface area contributed by atoms with Gasteiger partial charge in [-0.25, -0.2) is 4.79 Å². The van der Waals surface area contributed by atoms with Crippen molar-refractivity contribution >= 4 is 17.7 Å². The average molecular weight is 604 g/mol. The van der Waals surface area contributed by atoms with Crippen molar-refractivity contribution in [3.63, 3.8) is 0 Å². The Morgan fingerprint density at radius 2 is 1.51 bits per heavy atom. The van der Waals surface area contributed by atoms with E-state index < -0.39 is 23.8 Å². The molecule has 0 amide bonds. The molecule has 7 nitrogen and oxygen atoms in total. The highest BCUT2D eigenvalue weighted by Gasteiger charge is 2.43. The summed E-state index contributed by atoms with van der Waals surface area (Å²) in [6.45, 7) is 8.41. The fourth-order valence-corrected chi connectivity index (χ4v) is 6.99. The number of piperidine rings is 1. The van der Waals surface area contributed by atoms with Crippen LogP contribution in [0.2, 0.25) is 0 Å². The highest BCUT2D eigenvalue weighted by molar-refractivity contribution is 6.07. The summed E-state index contributed by atoms with van der Waals surface area (Å²) in [5, 5.41) is 9.86. The summed E-state index contributed by atoms with van der Waals surface area (Å²) >= 11 is 0. The summed E-state index contributed by atoms with van der Waals surface area (Å²) in [6.07, 6.45) is 2.71. The van der Waals surface area contributed by atoms with Gasteiger partial charge in [0.1, 0.15) is 5.92 Å². The molecule has 0 spiro atoms. The molecule has 45 heavy (non-hydrogen) atoms. The Morgan fingerprint density at radius 3 is 2.11 bits per heavy atom. The SMILES string of the molecule is CCOC(=O)C1C(C)=NC(C)=C(C(=O)OCCCN2CCC(c3ccccc3)(c3ccccc3)CC2)[C@@H]1c1ccccc1C#N. The normalized spacial score (nSPS) is 19.7. The third kappa shape index (κ3) is 6.77. The number of benzene rings is 3. The van der Waals surface area contributed by atoms with Crippen LogP contribution in [0.1, 0.15) is 68.2 Å². The molecule has 1 unspecified atom stereocenters. The van der Waals surface area contributed by atoms with Gasteiger partial charge < -0.3 is 14.4 Å². The summed E-state index contributed by atoms with van der Waals surface area (Å²) < 4.78 is 11.2. The van der Waals surface area contributed by atoms with Gasteiger partial charge in [0.05, 0.1) is 30.4 Å². The van der Waals surface area contributed by atoms with Gasteiger partial charge in [-0.2, -0.15) is 5.26 Å². The van der Waals surface area contributed by atoms with E-state index in [0.717, 1.165) is 32.5 Å². The zero-order chi connectivity index (χ0) is 31.8. The lowest BCUT2D eigenvalue weighted by molar-refractivity contribution is -0.146. The van der Waals surface area contributed by atoms with Gasteiger partial charge in [-0.1, -0.05) is 78.9 Å². The number of hydrogen-bond acceptors (Lipinski definition) is 7. The van der Waals surface area contributed by atoms with E-state index in [4.69, 9.17) is 9.47 Å². The molecule has 1 fully saturated rings. The highest BCUT2D eigenvalue weighted by Crippen LogP contribution is 2.43. The second kappa shape index (κ2) is 14.5. The Labute approximate surface area is 266 Å². The fourth-order valence-electron chi connectivity index (χ4n) is 6.99. The number of hydrogen-bond donors (Lipinski definition) is 0. The summed E-state index contributed by atoms with van der Waals surface area (Å²) in [5.41, 5.74) is 5.02. The minimum atomic E-state index is -0.825. The first-order chi connectivity index (χ1) is 21.9. The van der Waals surface area contributed by atoms with Crippen molar-refractivity contribution in [3.05, 3.63) is 118 Å². The molecule has 0 aromatic heterocycles. The molecule has 0 aliphatic carbocycles. The smallest absolute Gasteiger partial charge is 0.336 e. The quantitative estimate of drug-likeness (QED) is 0.192. The fraction of sp³-hybridized carbons (Fsp3) is 0.368. The number of ether oxygens (including phenoxy) is 2. The Hall–Kier alpha value is -4.54. The van der Waals surface area contributed by atoms with Crippen LogP contribution in [0.3, 0.4) is 0 Å². The Balaban J connectivity index is 1.26. The maximum atomic E-state index is 13.7. The molecule has 1 saturated heterocycles. The molecule has 0 radical (unpaired) electrons. The van der Waals surface area contributed by atoms with Crippen molar-refractivity contribution in [2.75, 3.05) is 32.8 Å². The van der Waals surface area contributed by atoms with Crippen LogP contribution in [0.5, 0.6) is 0 Å². The maximum Gasteiger partial charge on any atom is 0.336 e. The zero-order valence-electron chi connectivity index (χ0n) is 26.4. The van der Waals surface area contributed by atoms with Gasteiger partial charge in [-0.3, -0.25) is 9.79 Å². The van der Waals surface area contributed by atoms with Crippen molar-refractivity contribution in [2.45, 2.75) is 51.4 Å². The molecular weight excluding hydrogens is 562 g/mol. The number of nitriles is 1. The highest BCUT2D eigenvalue weighted by atomic mass is 16.5. The number of likely N-dealkylation sites (tertiary alicyclic amines) is 1. The molecule has 5 rings (SSSR count). The van der Waals surface area contributed by atoms with E-state index in [1.807, 2.05) is 0 Å². The third-order valence-corrected chi connectivity index (χ3v) is 9.22. The summed E-state index contributed by atoms with van der Waals surface area (Å²) in [4.78, 5) is 33.9. The number of rotatable bonds is 10. The monoisotopic (exact) mass is 603 g/mol. The molecule has 7 heteroatoms. The lowest BCUT2D eigenvalue weighted by Gasteiger charge is -2.43. The largest absolute Gasteiger partial charge is 0.465 e. The summed E-state index contributed by atoms with van der Waals surface area (Å²) in [6, 6.07) is 30.9. The van der Waals surface area contributed by atoms with Gasteiger partial charge in [0.25, 0.3) is 0 Å². The number of nitrogens with zero attached hydrogens (tertiary/aromatic N) is 3. The Bertz CT molecular complexity index is 1560. The second-order valence-corrected chi connectivity index (χ2v) is 11.8. The molecule has 3 aromatic rings. The molecule has 2 aliphatic heterocycles. The Morgan fingerprint density at radius 1 is 0.911 bits per heavy atom. The first-order valence-corrected chi connectivity index (χ1v) is 15.8. The van der Waals surface area contributed by atoms with E-state index in [1.54, 1.807) is 45.0 Å². The molecule has 2 heterocycles. The van der Waals surface area contributed by atoms with Crippen LogP contribution in [0, 0.1) is 17.2 Å². The predicted octanol–water partition coefficient (Wildman–Crippen LogP) is 6.59. The van der Waals surface area contributed by atoms with Crippen molar-refractivity contribution < 1.29 is 19.1 Å². The van der Waals surface area contributed by atoms with Gasteiger partial charge in [0.15, 0.2) is 0 Å². The van der Waals surface area contributed by atoms with E-state index in [1.165, 1.54) is 11.1 Å². The maximum absolute atomic E-state index is 13.7. The standard InChI is InChI=1S/C38H41N3O4/c1-4-44-36(42)33-27(2)40-28(3)34(35(33)32-19-12-11-14-29(32)26-39)37(43)45-25-13-22-41-23-20-38(21-24-41,30-15-7-5-8-16-30)31-17-9-6-10-18-31/h5-12,14-19,33,35H,4,13,20-25H2,1-3H3/t33?,35-/m1/s1. The van der Waals surface area contributed by atoms with Crippen LogP contribution in [-0.2, 0) is 24.5 Å². The van der Waals surface area contributed by atoms with Crippen LogP contribution in [0.15, 0.2) is 101 Å². The van der Waals surface area contributed by atoms with E-state index in [-0.39, 0.29) is 18.6 Å².